The Bertz CT molecular complexity index is 1670. The molecule has 3 N–H and O–H groups in total. The Labute approximate surface area is 221 Å². The summed E-state index contributed by atoms with van der Waals surface area (Å²) in [7, 11) is -3.91. The summed E-state index contributed by atoms with van der Waals surface area (Å²) >= 11 is 6.96. The first-order valence-corrected chi connectivity index (χ1v) is 13.5. The maximum atomic E-state index is 13.3. The van der Waals surface area contributed by atoms with E-state index in [2.05, 4.69) is 4.98 Å². The zero-order chi connectivity index (χ0) is 26.3. The Hall–Kier alpha value is -3.99. The second-order valence-electron chi connectivity index (χ2n) is 8.12. The lowest BCUT2D eigenvalue weighted by atomic mass is 9.95. The molecule has 1 amide bonds. The fraction of sp³-hybridized carbons (Fsp3) is 0.0385. The molecular formula is C26H18ClN3O5S2. The fourth-order valence-electron chi connectivity index (χ4n) is 4.02. The van der Waals surface area contributed by atoms with Crippen LogP contribution in [0.15, 0.2) is 99.7 Å². The van der Waals surface area contributed by atoms with E-state index in [0.29, 0.717) is 16.3 Å². The molecule has 5 rings (SSSR count). The van der Waals surface area contributed by atoms with Gasteiger partial charge in [0.2, 0.25) is 9.84 Å². The standard InChI is InChI=1S/C26H18ClN3O5S2/c27-17-6-4-5-16(13-17)22-21(23(31)15-9-11-18(28)12-10-15)24(32)25(33)30(22)26-29-14-20(36-26)37(34,35)19-7-2-1-3-8-19/h1-14,22,31H,28H2. The molecule has 1 aliphatic heterocycles. The SMILES string of the molecule is Nc1ccc(C(O)=C2C(=O)C(=O)N(c3ncc(S(=O)(=O)c4ccccc4)s3)C2c2cccc(Cl)c2)cc1. The van der Waals surface area contributed by atoms with Gasteiger partial charge in [0.25, 0.3) is 5.78 Å². The Kier molecular flexibility index (Phi) is 6.32. The minimum atomic E-state index is -3.91. The maximum Gasteiger partial charge on any atom is 0.301 e. The molecule has 0 spiro atoms. The van der Waals surface area contributed by atoms with E-state index in [1.807, 2.05) is 0 Å². The highest BCUT2D eigenvalue weighted by atomic mass is 35.5. The highest BCUT2D eigenvalue weighted by Crippen LogP contribution is 2.44. The van der Waals surface area contributed by atoms with E-state index in [4.69, 9.17) is 17.3 Å². The summed E-state index contributed by atoms with van der Waals surface area (Å²) in [5.41, 5.74) is 6.74. The molecule has 1 unspecified atom stereocenters. The van der Waals surface area contributed by atoms with Crippen molar-refractivity contribution in [2.24, 2.45) is 0 Å². The Balaban J connectivity index is 1.67. The van der Waals surface area contributed by atoms with Gasteiger partial charge in [-0.05, 0) is 54.1 Å². The summed E-state index contributed by atoms with van der Waals surface area (Å²) in [6.07, 6.45) is 1.15. The number of aromatic nitrogens is 1. The van der Waals surface area contributed by atoms with Crippen molar-refractivity contribution >= 4 is 61.0 Å². The molecule has 1 saturated heterocycles. The molecule has 0 aliphatic carbocycles. The smallest absolute Gasteiger partial charge is 0.301 e. The van der Waals surface area contributed by atoms with Crippen LogP contribution in [0.2, 0.25) is 5.02 Å². The van der Waals surface area contributed by atoms with Gasteiger partial charge in [0.1, 0.15) is 9.97 Å². The van der Waals surface area contributed by atoms with Crippen molar-refractivity contribution in [2.75, 3.05) is 10.6 Å². The lowest BCUT2D eigenvalue weighted by Crippen LogP contribution is -2.29. The number of aliphatic hydroxyl groups is 1. The van der Waals surface area contributed by atoms with Gasteiger partial charge in [0.05, 0.1) is 22.7 Å². The van der Waals surface area contributed by atoms with Crippen LogP contribution in [0.25, 0.3) is 5.76 Å². The van der Waals surface area contributed by atoms with Crippen LogP contribution in [-0.2, 0) is 19.4 Å². The number of nitrogens with zero attached hydrogens (tertiary/aromatic N) is 2. The molecule has 11 heteroatoms. The molecule has 2 heterocycles. The number of nitrogen functional groups attached to an aromatic ring is 1. The molecule has 37 heavy (non-hydrogen) atoms. The number of hydrogen-bond donors (Lipinski definition) is 2. The number of carbonyl (C=O) groups excluding carboxylic acids is 2. The van der Waals surface area contributed by atoms with Gasteiger partial charge in [-0.2, -0.15) is 0 Å². The first-order chi connectivity index (χ1) is 17.7. The van der Waals surface area contributed by atoms with Gasteiger partial charge in [-0.1, -0.05) is 53.3 Å². The second-order valence-corrected chi connectivity index (χ2v) is 11.7. The van der Waals surface area contributed by atoms with E-state index in [0.717, 1.165) is 22.4 Å². The molecule has 0 bridgehead atoms. The fourth-order valence-corrected chi connectivity index (χ4v) is 6.79. The summed E-state index contributed by atoms with van der Waals surface area (Å²) in [5.74, 6) is -2.30. The number of rotatable bonds is 5. The Morgan fingerprint density at radius 1 is 1.00 bits per heavy atom. The third-order valence-electron chi connectivity index (χ3n) is 5.79. The summed E-state index contributed by atoms with van der Waals surface area (Å²) in [6, 6.07) is 19.4. The predicted octanol–water partition coefficient (Wildman–Crippen LogP) is 4.84. The van der Waals surface area contributed by atoms with Crippen molar-refractivity contribution in [1.82, 2.24) is 4.98 Å². The Morgan fingerprint density at radius 2 is 1.70 bits per heavy atom. The molecule has 186 valence electrons. The van der Waals surface area contributed by atoms with Crippen LogP contribution in [0, 0.1) is 0 Å². The molecule has 8 nitrogen and oxygen atoms in total. The lowest BCUT2D eigenvalue weighted by Gasteiger charge is -2.23. The summed E-state index contributed by atoms with van der Waals surface area (Å²) < 4.78 is 26.1. The van der Waals surface area contributed by atoms with Gasteiger partial charge in [-0.25, -0.2) is 13.4 Å². The van der Waals surface area contributed by atoms with E-state index in [9.17, 15) is 23.1 Å². The number of ketones is 1. The molecule has 1 aliphatic rings. The average Bonchev–Trinajstić information content (AvgIpc) is 3.48. The maximum absolute atomic E-state index is 13.3. The molecular weight excluding hydrogens is 534 g/mol. The van der Waals surface area contributed by atoms with Crippen molar-refractivity contribution in [1.29, 1.82) is 0 Å². The summed E-state index contributed by atoms with van der Waals surface area (Å²) in [5, 5.41) is 11.5. The van der Waals surface area contributed by atoms with Crippen molar-refractivity contribution in [2.45, 2.75) is 15.1 Å². The molecule has 3 aromatic carbocycles. The minimum Gasteiger partial charge on any atom is -0.507 e. The average molecular weight is 552 g/mol. The number of aliphatic hydroxyl groups excluding tert-OH is 1. The van der Waals surface area contributed by atoms with Gasteiger partial charge >= 0.3 is 5.91 Å². The van der Waals surface area contributed by atoms with Gasteiger partial charge < -0.3 is 10.8 Å². The molecule has 1 fully saturated rings. The topological polar surface area (TPSA) is 131 Å². The van der Waals surface area contributed by atoms with Crippen LogP contribution >= 0.6 is 22.9 Å². The first-order valence-electron chi connectivity index (χ1n) is 10.9. The van der Waals surface area contributed by atoms with Gasteiger partial charge in [-0.3, -0.25) is 14.5 Å². The highest BCUT2D eigenvalue weighted by Gasteiger charge is 2.48. The number of hydrogen-bond acceptors (Lipinski definition) is 8. The van der Waals surface area contributed by atoms with Crippen molar-refractivity contribution < 1.29 is 23.1 Å². The van der Waals surface area contributed by atoms with Crippen LogP contribution < -0.4 is 10.6 Å². The summed E-state index contributed by atoms with van der Waals surface area (Å²) in [4.78, 5) is 31.9. The number of Topliss-reactive ketones (excluding diaryl/α,β-unsaturated/α-hetero) is 1. The van der Waals surface area contributed by atoms with Crippen molar-refractivity contribution in [3.63, 3.8) is 0 Å². The number of carbonyl (C=O) groups is 2. The molecule has 1 aromatic heterocycles. The van der Waals surface area contributed by atoms with Crippen molar-refractivity contribution in [3.8, 4) is 0 Å². The second kappa shape index (κ2) is 9.47. The quantitative estimate of drug-likeness (QED) is 0.157. The van der Waals surface area contributed by atoms with Crippen LogP contribution in [-0.4, -0.2) is 30.2 Å². The van der Waals surface area contributed by atoms with Gasteiger partial charge in [0, 0.05) is 16.3 Å². The predicted molar refractivity (Wildman–Crippen MR) is 141 cm³/mol. The number of halogens is 1. The third-order valence-corrected chi connectivity index (χ3v) is 9.25. The molecule has 0 radical (unpaired) electrons. The summed E-state index contributed by atoms with van der Waals surface area (Å²) in [6.45, 7) is 0. The number of anilines is 2. The highest BCUT2D eigenvalue weighted by molar-refractivity contribution is 7.93. The third kappa shape index (κ3) is 4.39. The van der Waals surface area contributed by atoms with Crippen LogP contribution in [0.1, 0.15) is 17.2 Å². The van der Waals surface area contributed by atoms with Gasteiger partial charge in [-0.15, -0.1) is 0 Å². The van der Waals surface area contributed by atoms with E-state index >= 15 is 0 Å². The van der Waals surface area contributed by atoms with Crippen LogP contribution in [0.5, 0.6) is 0 Å². The van der Waals surface area contributed by atoms with Crippen molar-refractivity contribution in [3.05, 3.63) is 107 Å². The van der Waals surface area contributed by atoms with Gasteiger partial charge in [0.15, 0.2) is 5.13 Å². The van der Waals surface area contributed by atoms with E-state index in [1.165, 1.54) is 24.3 Å². The Morgan fingerprint density at radius 3 is 2.38 bits per heavy atom. The number of benzene rings is 3. The number of thiazole rings is 1. The normalized spacial score (nSPS) is 17.3. The molecule has 1 atom stereocenters. The zero-order valence-electron chi connectivity index (χ0n) is 18.9. The van der Waals surface area contributed by atoms with E-state index < -0.39 is 33.3 Å². The number of amides is 1. The van der Waals surface area contributed by atoms with E-state index in [-0.39, 0.29) is 25.4 Å². The zero-order valence-corrected chi connectivity index (χ0v) is 21.3. The van der Waals surface area contributed by atoms with Crippen LogP contribution in [0.4, 0.5) is 10.8 Å². The first kappa shape index (κ1) is 24.7. The minimum absolute atomic E-state index is 0.0158. The molecule has 0 saturated carbocycles. The number of sulfone groups is 1. The monoisotopic (exact) mass is 551 g/mol. The largest absolute Gasteiger partial charge is 0.507 e. The lowest BCUT2D eigenvalue weighted by molar-refractivity contribution is -0.132. The van der Waals surface area contributed by atoms with E-state index in [1.54, 1.807) is 54.6 Å². The number of nitrogens with two attached hydrogens (primary N) is 1. The van der Waals surface area contributed by atoms with Crippen LogP contribution in [0.3, 0.4) is 0 Å². The molecule has 4 aromatic rings.